The molecule has 8 nitrogen and oxygen atoms in total. The Bertz CT molecular complexity index is 1880. The van der Waals surface area contributed by atoms with Crippen molar-refractivity contribution in [2.45, 2.75) is 30.6 Å². The summed E-state index contributed by atoms with van der Waals surface area (Å²) >= 11 is 0. The second kappa shape index (κ2) is 9.28. The van der Waals surface area contributed by atoms with Gasteiger partial charge in [0.25, 0.3) is 0 Å². The minimum atomic E-state index is -3.73. The molecule has 3 aromatic heterocycles. The molecule has 0 bridgehead atoms. The van der Waals surface area contributed by atoms with Gasteiger partial charge >= 0.3 is 0 Å². The molecule has 1 saturated heterocycles. The van der Waals surface area contributed by atoms with Gasteiger partial charge in [-0.3, -0.25) is 4.98 Å². The van der Waals surface area contributed by atoms with Crippen LogP contribution in [0, 0.1) is 18.6 Å². The predicted octanol–water partition coefficient (Wildman–Crippen LogP) is 4.85. The monoisotopic (exact) mass is 536 g/mol. The number of ether oxygens (including phenoxy) is 1. The number of sulfone groups is 1. The van der Waals surface area contributed by atoms with Crippen LogP contribution < -0.4 is 0 Å². The first-order valence-electron chi connectivity index (χ1n) is 13.8. The third-order valence-corrected chi connectivity index (χ3v) is 8.42. The summed E-state index contributed by atoms with van der Waals surface area (Å²) in [5.41, 5.74) is 2.81. The molecule has 1 atom stereocenters. The molecular weight excluding hydrogens is 505 g/mol. The van der Waals surface area contributed by atoms with Crippen LogP contribution in [0.25, 0.3) is 33.2 Å². The number of aryl methyl sites for hydroxylation is 2. The fourth-order valence-electron chi connectivity index (χ4n) is 5.59. The van der Waals surface area contributed by atoms with E-state index in [1.807, 2.05) is 34.9 Å². The Labute approximate surface area is 224 Å². The summed E-state index contributed by atoms with van der Waals surface area (Å²) in [5, 5.41) is 8.04. The molecular formula is C28H28FN5O3S. The maximum atomic E-state index is 15.9. The highest BCUT2D eigenvalue weighted by Gasteiger charge is 2.31. The van der Waals surface area contributed by atoms with E-state index in [1.54, 1.807) is 13.1 Å². The van der Waals surface area contributed by atoms with Crippen molar-refractivity contribution in [2.75, 3.05) is 19.5 Å². The lowest BCUT2D eigenvalue weighted by molar-refractivity contribution is 0.0552. The zero-order chi connectivity index (χ0) is 29.1. The minimum absolute atomic E-state index is 0.0925. The molecule has 0 aliphatic carbocycles. The molecule has 0 amide bonds. The smallest absolute Gasteiger partial charge is 0.175 e. The number of hydrogen-bond donors (Lipinski definition) is 0. The van der Waals surface area contributed by atoms with Crippen LogP contribution in [0.1, 0.15) is 34.3 Å². The molecule has 38 heavy (non-hydrogen) atoms. The fraction of sp³-hybridized carbons (Fsp3) is 0.321. The van der Waals surface area contributed by atoms with Crippen LogP contribution in [0.3, 0.4) is 0 Å². The first kappa shape index (κ1) is 21.3. The topological polar surface area (TPSA) is 91.9 Å². The van der Waals surface area contributed by atoms with Crippen LogP contribution in [0.2, 0.25) is 0 Å². The number of hydrogen-bond acceptors (Lipinski definition) is 6. The van der Waals surface area contributed by atoms with Gasteiger partial charge in [-0.15, -0.1) is 5.10 Å². The molecule has 0 N–H and O–H groups in total. The van der Waals surface area contributed by atoms with Crippen molar-refractivity contribution in [3.63, 3.8) is 0 Å². The van der Waals surface area contributed by atoms with Gasteiger partial charge in [0.15, 0.2) is 9.84 Å². The van der Waals surface area contributed by atoms with Gasteiger partial charge in [0.05, 0.1) is 44.3 Å². The summed E-state index contributed by atoms with van der Waals surface area (Å²) in [7, 11) is -2.13. The van der Waals surface area contributed by atoms with E-state index in [1.165, 1.54) is 16.9 Å². The zero-order valence-electron chi connectivity index (χ0n) is 23.9. The molecule has 10 heteroatoms. The van der Waals surface area contributed by atoms with E-state index in [4.69, 9.17) is 8.85 Å². The van der Waals surface area contributed by atoms with Crippen molar-refractivity contribution in [3.8, 4) is 11.3 Å². The van der Waals surface area contributed by atoms with E-state index in [2.05, 4.69) is 15.3 Å². The van der Waals surface area contributed by atoms with Gasteiger partial charge in [0.1, 0.15) is 5.82 Å². The van der Waals surface area contributed by atoms with Gasteiger partial charge in [-0.2, -0.15) is 0 Å². The van der Waals surface area contributed by atoms with Crippen LogP contribution in [-0.4, -0.2) is 52.4 Å². The van der Waals surface area contributed by atoms with Gasteiger partial charge in [-0.25, -0.2) is 17.5 Å². The Kier molecular flexibility index (Phi) is 5.21. The Hall–Kier alpha value is -3.63. The van der Waals surface area contributed by atoms with Crippen molar-refractivity contribution in [2.24, 2.45) is 13.0 Å². The summed E-state index contributed by atoms with van der Waals surface area (Å²) in [6, 6.07) is 13.8. The summed E-state index contributed by atoms with van der Waals surface area (Å²) < 4.78 is 73.9. The normalized spacial score (nSPS) is 17.4. The average molecular weight is 537 g/mol. The quantitative estimate of drug-likeness (QED) is 0.319. The second-order valence-corrected chi connectivity index (χ2v) is 11.8. The maximum absolute atomic E-state index is 15.9. The van der Waals surface area contributed by atoms with Gasteiger partial charge in [0.2, 0.25) is 0 Å². The zero-order valence-corrected chi connectivity index (χ0v) is 21.7. The highest BCUT2D eigenvalue weighted by molar-refractivity contribution is 7.90. The van der Waals surface area contributed by atoms with Gasteiger partial charge in [-0.1, -0.05) is 35.5 Å². The number of halogens is 1. The van der Waals surface area contributed by atoms with Crippen molar-refractivity contribution < 1.29 is 21.7 Å². The molecule has 0 radical (unpaired) electrons. The molecule has 0 saturated carbocycles. The van der Waals surface area contributed by atoms with Gasteiger partial charge in [-0.05, 0) is 49.4 Å². The van der Waals surface area contributed by atoms with Crippen molar-refractivity contribution >= 4 is 31.8 Å². The second-order valence-electron chi connectivity index (χ2n) is 9.75. The molecule has 196 valence electrons. The lowest BCUT2D eigenvalue weighted by Gasteiger charge is -2.33. The molecule has 1 aliphatic rings. The Morgan fingerprint density at radius 1 is 1.13 bits per heavy atom. The van der Waals surface area contributed by atoms with Crippen molar-refractivity contribution in [1.82, 2.24) is 24.5 Å². The van der Waals surface area contributed by atoms with E-state index in [0.29, 0.717) is 35.3 Å². The Morgan fingerprint density at radius 2 is 1.89 bits per heavy atom. The largest absolute Gasteiger partial charge is 0.381 e. The van der Waals surface area contributed by atoms with Crippen LogP contribution >= 0.6 is 0 Å². The highest BCUT2D eigenvalue weighted by atomic mass is 32.2. The highest BCUT2D eigenvalue weighted by Crippen LogP contribution is 2.42. The number of pyridine rings is 1. The number of benzene rings is 2. The third kappa shape index (κ3) is 4.08. The molecule has 4 heterocycles. The van der Waals surface area contributed by atoms with Crippen LogP contribution in [0.5, 0.6) is 0 Å². The van der Waals surface area contributed by atoms with Crippen molar-refractivity contribution in [3.05, 3.63) is 71.8 Å². The van der Waals surface area contributed by atoms with Gasteiger partial charge < -0.3 is 9.30 Å². The van der Waals surface area contributed by atoms with Gasteiger partial charge in [0, 0.05) is 42.4 Å². The van der Waals surface area contributed by atoms with Crippen LogP contribution in [-0.2, 0) is 21.6 Å². The van der Waals surface area contributed by atoms with E-state index < -0.39 is 22.5 Å². The van der Waals surface area contributed by atoms with E-state index in [-0.39, 0.29) is 33.6 Å². The fourth-order valence-corrected chi connectivity index (χ4v) is 6.23. The predicted molar refractivity (Wildman–Crippen MR) is 143 cm³/mol. The van der Waals surface area contributed by atoms with E-state index in [9.17, 15) is 8.42 Å². The summed E-state index contributed by atoms with van der Waals surface area (Å²) in [5.74, 6) is -0.606. The van der Waals surface area contributed by atoms with E-state index in [0.717, 1.165) is 30.7 Å². The number of fused-ring (bicyclic) bond motifs is 3. The lowest BCUT2D eigenvalue weighted by atomic mass is 9.86. The number of nitrogens with zero attached hydrogens (tertiary/aromatic N) is 5. The average Bonchev–Trinajstić information content (AvgIpc) is 3.48. The molecule has 1 aliphatic heterocycles. The number of aromatic nitrogens is 5. The van der Waals surface area contributed by atoms with Crippen molar-refractivity contribution in [1.29, 1.82) is 0 Å². The molecule has 0 spiro atoms. The first-order valence-corrected chi connectivity index (χ1v) is 14.2. The maximum Gasteiger partial charge on any atom is 0.175 e. The SMILES string of the molecule is [2H]C([2H])([2H])c1nnn(C)c1-c1cnc2c3c(F)cc(S(C)(=O)=O)cc3n([C@H](c3ccccc3)C3CCOCC3)c2c1. The van der Waals surface area contributed by atoms with Crippen LogP contribution in [0.4, 0.5) is 4.39 Å². The van der Waals surface area contributed by atoms with E-state index >= 15 is 4.39 Å². The van der Waals surface area contributed by atoms with Crippen LogP contribution in [0.15, 0.2) is 59.6 Å². The first-order chi connectivity index (χ1) is 19.4. The molecule has 6 rings (SSSR count). The number of rotatable bonds is 5. The molecule has 1 fully saturated rings. The molecule has 2 aromatic carbocycles. The third-order valence-electron chi connectivity index (χ3n) is 7.33. The lowest BCUT2D eigenvalue weighted by Crippen LogP contribution is -2.27. The Morgan fingerprint density at radius 3 is 2.61 bits per heavy atom. The standard InChI is InChI=1S/C28H28FN5O3S/c1-17-27(33(2)32-31-17)20-13-24-26(30-16-20)25-22(29)14-21(38(3,35)36)15-23(25)34(24)28(18-7-5-4-6-8-18)19-9-11-37-12-10-19/h4-8,13-16,19,28H,9-12H2,1-3H3/t28-/m1/s1/i1D3. The minimum Gasteiger partial charge on any atom is -0.381 e. The summed E-state index contributed by atoms with van der Waals surface area (Å²) in [6.07, 6.45) is 4.03. The Balaban J connectivity index is 1.73. The molecule has 5 aromatic rings. The summed E-state index contributed by atoms with van der Waals surface area (Å²) in [6.45, 7) is -1.38. The molecule has 0 unspecified atom stereocenters. The summed E-state index contributed by atoms with van der Waals surface area (Å²) in [4.78, 5) is 4.50.